The third-order valence-electron chi connectivity index (χ3n) is 2.80. The Morgan fingerprint density at radius 2 is 1.95 bits per heavy atom. The van der Waals surface area contributed by atoms with E-state index in [0.717, 1.165) is 0 Å². The number of para-hydroxylation sites is 1. The normalized spacial score (nSPS) is 10.6. The largest absolute Gasteiger partial charge is 0.478 e. The Bertz CT molecular complexity index is 819. The van der Waals surface area contributed by atoms with Gasteiger partial charge in [-0.15, -0.1) is 0 Å². The molecule has 3 N–H and O–H groups in total. The predicted octanol–water partition coefficient (Wildman–Crippen LogP) is 1.37. The third-order valence-corrected chi connectivity index (χ3v) is 2.80. The molecular weight excluding hydrogens is 258 g/mol. The van der Waals surface area contributed by atoms with E-state index < -0.39 is 5.97 Å². The van der Waals surface area contributed by atoms with E-state index in [9.17, 15) is 4.79 Å². The number of carbonyl (C=O) groups is 1. The third kappa shape index (κ3) is 1.91. The number of nitrogen functional groups attached to an aromatic ring is 1. The highest BCUT2D eigenvalue weighted by Gasteiger charge is 2.14. The number of anilines is 1. The van der Waals surface area contributed by atoms with Crippen molar-refractivity contribution in [3.8, 4) is 11.4 Å². The van der Waals surface area contributed by atoms with Gasteiger partial charge >= 0.3 is 5.97 Å². The van der Waals surface area contributed by atoms with Crippen molar-refractivity contribution in [1.82, 2.24) is 19.9 Å². The summed E-state index contributed by atoms with van der Waals surface area (Å²) in [4.78, 5) is 27.6. The molecule has 2 heterocycles. The van der Waals surface area contributed by atoms with E-state index in [-0.39, 0.29) is 11.3 Å². The van der Waals surface area contributed by atoms with Crippen molar-refractivity contribution in [2.75, 3.05) is 5.73 Å². The first-order valence-corrected chi connectivity index (χ1v) is 5.73. The van der Waals surface area contributed by atoms with Crippen molar-refractivity contribution in [3.05, 3.63) is 42.4 Å². The SMILES string of the molecule is Nc1c(C(=O)O)cccc1-c1ncc2nccnc2n1. The second-order valence-electron chi connectivity index (χ2n) is 4.03. The van der Waals surface area contributed by atoms with Gasteiger partial charge in [0.15, 0.2) is 11.5 Å². The lowest BCUT2D eigenvalue weighted by Crippen LogP contribution is -2.05. The Labute approximate surface area is 113 Å². The van der Waals surface area contributed by atoms with Crippen molar-refractivity contribution >= 4 is 22.8 Å². The maximum Gasteiger partial charge on any atom is 0.337 e. The van der Waals surface area contributed by atoms with Gasteiger partial charge in [-0.05, 0) is 12.1 Å². The van der Waals surface area contributed by atoms with Gasteiger partial charge in [0.2, 0.25) is 0 Å². The molecular formula is C13H9N5O2. The first kappa shape index (κ1) is 12.0. The van der Waals surface area contributed by atoms with E-state index >= 15 is 0 Å². The van der Waals surface area contributed by atoms with Crippen LogP contribution in [0.4, 0.5) is 5.69 Å². The molecule has 0 fully saturated rings. The molecule has 0 saturated heterocycles. The van der Waals surface area contributed by atoms with Crippen LogP contribution in [-0.4, -0.2) is 31.0 Å². The Kier molecular flexibility index (Phi) is 2.72. The van der Waals surface area contributed by atoms with Crippen molar-refractivity contribution in [3.63, 3.8) is 0 Å². The van der Waals surface area contributed by atoms with Crippen LogP contribution in [-0.2, 0) is 0 Å². The van der Waals surface area contributed by atoms with Gasteiger partial charge in [-0.1, -0.05) is 6.07 Å². The standard InChI is InChI=1S/C13H9N5O2/c14-10-7(2-1-3-8(10)13(19)20)11-17-6-9-12(18-11)16-5-4-15-9/h1-6H,14H2,(H,19,20). The molecule has 0 atom stereocenters. The molecule has 0 amide bonds. The van der Waals surface area contributed by atoms with Gasteiger partial charge < -0.3 is 10.8 Å². The number of carboxylic acid groups (broad SMARTS) is 1. The zero-order valence-corrected chi connectivity index (χ0v) is 10.2. The van der Waals surface area contributed by atoms with Crippen molar-refractivity contribution in [2.45, 2.75) is 0 Å². The second kappa shape index (κ2) is 4.54. The summed E-state index contributed by atoms with van der Waals surface area (Å²) in [5.74, 6) is -0.775. The average Bonchev–Trinajstić information content (AvgIpc) is 2.46. The summed E-state index contributed by atoms with van der Waals surface area (Å²) in [5, 5.41) is 9.07. The van der Waals surface area contributed by atoms with Crippen LogP contribution in [0, 0.1) is 0 Å². The fourth-order valence-electron chi connectivity index (χ4n) is 1.85. The molecule has 20 heavy (non-hydrogen) atoms. The number of aromatic nitrogens is 4. The van der Waals surface area contributed by atoms with Crippen molar-refractivity contribution < 1.29 is 9.90 Å². The minimum atomic E-state index is -1.09. The number of nitrogens with zero attached hydrogens (tertiary/aromatic N) is 4. The van der Waals surface area contributed by atoms with Gasteiger partial charge in [-0.25, -0.2) is 24.7 Å². The summed E-state index contributed by atoms with van der Waals surface area (Å²) in [6.07, 6.45) is 4.60. The lowest BCUT2D eigenvalue weighted by Gasteiger charge is -2.07. The summed E-state index contributed by atoms with van der Waals surface area (Å²) in [5.41, 5.74) is 7.45. The quantitative estimate of drug-likeness (QED) is 0.673. The van der Waals surface area contributed by atoms with E-state index in [1.807, 2.05) is 0 Å². The highest BCUT2D eigenvalue weighted by Crippen LogP contribution is 2.26. The lowest BCUT2D eigenvalue weighted by molar-refractivity contribution is 0.0698. The fraction of sp³-hybridized carbons (Fsp3) is 0. The minimum Gasteiger partial charge on any atom is -0.478 e. The Morgan fingerprint density at radius 3 is 2.75 bits per heavy atom. The molecule has 0 spiro atoms. The summed E-state index contributed by atoms with van der Waals surface area (Å²) >= 11 is 0. The molecule has 3 aromatic rings. The number of benzene rings is 1. The van der Waals surface area contributed by atoms with E-state index in [4.69, 9.17) is 10.8 Å². The zero-order valence-electron chi connectivity index (χ0n) is 10.2. The predicted molar refractivity (Wildman–Crippen MR) is 71.9 cm³/mol. The highest BCUT2D eigenvalue weighted by molar-refractivity contribution is 5.97. The number of carboxylic acids is 1. The van der Waals surface area contributed by atoms with E-state index in [1.54, 1.807) is 18.3 Å². The first-order valence-electron chi connectivity index (χ1n) is 5.73. The van der Waals surface area contributed by atoms with Crippen LogP contribution in [0.1, 0.15) is 10.4 Å². The van der Waals surface area contributed by atoms with Crippen LogP contribution in [0.3, 0.4) is 0 Å². The summed E-state index contributed by atoms with van der Waals surface area (Å²) in [6, 6.07) is 4.70. The van der Waals surface area contributed by atoms with Gasteiger partial charge in [-0.2, -0.15) is 0 Å². The van der Waals surface area contributed by atoms with E-state index in [2.05, 4.69) is 19.9 Å². The van der Waals surface area contributed by atoms with Crippen LogP contribution >= 0.6 is 0 Å². The smallest absolute Gasteiger partial charge is 0.337 e. The maximum atomic E-state index is 11.1. The Balaban J connectivity index is 2.20. The number of nitrogens with two attached hydrogens (primary N) is 1. The minimum absolute atomic E-state index is 0.0188. The Hall–Kier alpha value is -3.09. The molecule has 98 valence electrons. The molecule has 0 aliphatic carbocycles. The molecule has 7 heteroatoms. The lowest BCUT2D eigenvalue weighted by atomic mass is 10.1. The molecule has 2 aromatic heterocycles. The first-order chi connectivity index (χ1) is 9.66. The number of hydrogen-bond acceptors (Lipinski definition) is 6. The molecule has 7 nitrogen and oxygen atoms in total. The van der Waals surface area contributed by atoms with Gasteiger partial charge in [0.1, 0.15) is 5.52 Å². The average molecular weight is 267 g/mol. The van der Waals surface area contributed by atoms with Crippen molar-refractivity contribution in [1.29, 1.82) is 0 Å². The van der Waals surface area contributed by atoms with E-state index in [1.165, 1.54) is 18.5 Å². The van der Waals surface area contributed by atoms with Crippen LogP contribution in [0.5, 0.6) is 0 Å². The summed E-state index contributed by atoms with van der Waals surface area (Å²) in [7, 11) is 0. The van der Waals surface area contributed by atoms with Gasteiger partial charge in [0.25, 0.3) is 0 Å². The van der Waals surface area contributed by atoms with Crippen LogP contribution < -0.4 is 5.73 Å². The maximum absolute atomic E-state index is 11.1. The number of aromatic carboxylic acids is 1. The van der Waals surface area contributed by atoms with Crippen molar-refractivity contribution in [2.24, 2.45) is 0 Å². The fourth-order valence-corrected chi connectivity index (χ4v) is 1.85. The van der Waals surface area contributed by atoms with Gasteiger partial charge in [0.05, 0.1) is 17.4 Å². The summed E-state index contributed by atoms with van der Waals surface area (Å²) < 4.78 is 0. The Morgan fingerprint density at radius 1 is 1.15 bits per heavy atom. The number of fused-ring (bicyclic) bond motifs is 1. The van der Waals surface area contributed by atoms with E-state index in [0.29, 0.717) is 22.6 Å². The highest BCUT2D eigenvalue weighted by atomic mass is 16.4. The second-order valence-corrected chi connectivity index (χ2v) is 4.03. The molecule has 0 unspecified atom stereocenters. The van der Waals surface area contributed by atoms with Crippen LogP contribution in [0.15, 0.2) is 36.8 Å². The zero-order chi connectivity index (χ0) is 14.1. The topological polar surface area (TPSA) is 115 Å². The molecule has 0 aliphatic rings. The molecule has 0 bridgehead atoms. The number of rotatable bonds is 2. The molecule has 3 rings (SSSR count). The molecule has 0 radical (unpaired) electrons. The molecule has 1 aromatic carbocycles. The monoisotopic (exact) mass is 267 g/mol. The van der Waals surface area contributed by atoms with Gasteiger partial charge in [0, 0.05) is 18.0 Å². The summed E-state index contributed by atoms with van der Waals surface area (Å²) in [6.45, 7) is 0. The van der Waals surface area contributed by atoms with Crippen LogP contribution in [0.25, 0.3) is 22.6 Å². The molecule has 0 saturated carbocycles. The molecule has 0 aliphatic heterocycles. The number of hydrogen-bond donors (Lipinski definition) is 2. The van der Waals surface area contributed by atoms with Crippen LogP contribution in [0.2, 0.25) is 0 Å². The van der Waals surface area contributed by atoms with Gasteiger partial charge in [-0.3, -0.25) is 0 Å².